The molecule has 5 rings (SSSR count). The quantitative estimate of drug-likeness (QED) is 0.517. The zero-order valence-corrected chi connectivity index (χ0v) is 18.7. The number of urea groups is 1. The number of benzene rings is 1. The third-order valence-corrected chi connectivity index (χ3v) is 6.49. The molecule has 170 valence electrons. The third kappa shape index (κ3) is 3.41. The molecule has 1 fully saturated rings. The number of carbonyl (C=O) groups is 3. The average Bonchev–Trinajstić information content (AvgIpc) is 3.41. The van der Waals surface area contributed by atoms with Gasteiger partial charge in [0, 0.05) is 17.7 Å². The number of amides is 4. The van der Waals surface area contributed by atoms with E-state index in [1.165, 1.54) is 12.0 Å². The molecule has 3 aliphatic rings. The van der Waals surface area contributed by atoms with E-state index in [0.717, 1.165) is 24.0 Å². The molecule has 3 heterocycles. The first-order valence-electron chi connectivity index (χ1n) is 10.6. The molecule has 0 spiro atoms. The summed E-state index contributed by atoms with van der Waals surface area (Å²) in [4.78, 5) is 40.2. The summed E-state index contributed by atoms with van der Waals surface area (Å²) in [7, 11) is 1.52. The summed E-state index contributed by atoms with van der Waals surface area (Å²) in [5.41, 5.74) is 1.12. The van der Waals surface area contributed by atoms with Crippen molar-refractivity contribution in [1.82, 2.24) is 15.5 Å². The minimum absolute atomic E-state index is 0.0953. The van der Waals surface area contributed by atoms with Gasteiger partial charge in [-0.05, 0) is 36.6 Å². The maximum absolute atomic E-state index is 13.4. The number of methoxy groups -OCH3 is 1. The molecule has 1 aromatic carbocycles. The monoisotopic (exact) mass is 467 g/mol. The molecular formula is C24H22ClN3O5. The van der Waals surface area contributed by atoms with Gasteiger partial charge in [0.25, 0.3) is 11.8 Å². The second-order valence-corrected chi connectivity index (χ2v) is 8.47. The van der Waals surface area contributed by atoms with Gasteiger partial charge in [0.15, 0.2) is 5.54 Å². The van der Waals surface area contributed by atoms with Crippen molar-refractivity contribution in [3.8, 4) is 5.75 Å². The highest BCUT2D eigenvalue weighted by atomic mass is 35.5. The number of hydrogen-bond acceptors (Lipinski definition) is 5. The van der Waals surface area contributed by atoms with E-state index in [1.54, 1.807) is 12.1 Å². The summed E-state index contributed by atoms with van der Waals surface area (Å²) in [6.45, 7) is 0.176. The topological polar surface area (TPSA) is 101 Å². The maximum atomic E-state index is 13.4. The number of carbonyl (C=O) groups excluding carboxylic acids is 3. The Morgan fingerprint density at radius 3 is 2.67 bits per heavy atom. The molecule has 4 amide bonds. The molecule has 1 atom stereocenters. The smallest absolute Gasteiger partial charge is 0.322 e. The van der Waals surface area contributed by atoms with Crippen molar-refractivity contribution in [3.63, 3.8) is 0 Å². The molecule has 0 radical (unpaired) electrons. The number of rotatable bonds is 5. The van der Waals surface area contributed by atoms with Gasteiger partial charge in [-0.2, -0.15) is 0 Å². The van der Waals surface area contributed by atoms with Crippen molar-refractivity contribution in [2.75, 3.05) is 13.7 Å². The lowest BCUT2D eigenvalue weighted by atomic mass is 9.94. The second-order valence-electron chi connectivity index (χ2n) is 8.20. The lowest BCUT2D eigenvalue weighted by molar-refractivity contribution is -0.125. The summed E-state index contributed by atoms with van der Waals surface area (Å²) in [6, 6.07) is 4.70. The molecule has 33 heavy (non-hydrogen) atoms. The number of ether oxygens (including phenoxy) is 1. The first-order valence-corrected chi connectivity index (χ1v) is 11.2. The Morgan fingerprint density at radius 1 is 1.18 bits per heavy atom. The van der Waals surface area contributed by atoms with Gasteiger partial charge < -0.3 is 19.4 Å². The van der Waals surface area contributed by atoms with Crippen LogP contribution in [0.4, 0.5) is 4.79 Å². The van der Waals surface area contributed by atoms with Gasteiger partial charge in [0.1, 0.15) is 17.3 Å². The molecule has 2 N–H and O–H groups in total. The normalized spacial score (nSPS) is 21.4. The van der Waals surface area contributed by atoms with Gasteiger partial charge in [-0.1, -0.05) is 24.3 Å². The molecule has 8 nitrogen and oxygen atoms in total. The molecule has 9 heteroatoms. The summed E-state index contributed by atoms with van der Waals surface area (Å²) in [5.74, 6) is 0.659. The van der Waals surface area contributed by atoms with Gasteiger partial charge in [0.05, 0.1) is 25.1 Å². The zero-order chi connectivity index (χ0) is 23.2. The molecule has 2 aromatic rings. The number of hydrogen-bond donors (Lipinski definition) is 2. The van der Waals surface area contributed by atoms with Gasteiger partial charge in [-0.25, -0.2) is 4.79 Å². The number of nitrogens with one attached hydrogen (secondary N) is 2. The number of imide groups is 1. The molecule has 1 saturated heterocycles. The van der Waals surface area contributed by atoms with E-state index >= 15 is 0 Å². The van der Waals surface area contributed by atoms with Crippen LogP contribution in [0.5, 0.6) is 5.75 Å². The Kier molecular flexibility index (Phi) is 5.25. The molecular weight excluding hydrogens is 446 g/mol. The average molecular weight is 468 g/mol. The first-order chi connectivity index (χ1) is 16.0. The number of allylic oxidation sites excluding steroid dienone is 2. The highest BCUT2D eigenvalue weighted by molar-refractivity contribution is 6.18. The SMILES string of the molecule is COc1ccc2c(c1CCl)C(=O)N(CC1(c3cc4c(o3)C=CCCC=C4)NC(=O)NC1=O)C2. The predicted molar refractivity (Wildman–Crippen MR) is 122 cm³/mol. The zero-order valence-electron chi connectivity index (χ0n) is 17.9. The largest absolute Gasteiger partial charge is 0.496 e. The van der Waals surface area contributed by atoms with Crippen molar-refractivity contribution < 1.29 is 23.5 Å². The number of alkyl halides is 1. The predicted octanol–water partition coefficient (Wildman–Crippen LogP) is 3.54. The second kappa shape index (κ2) is 8.12. The Labute approximate surface area is 195 Å². The van der Waals surface area contributed by atoms with Crippen molar-refractivity contribution in [2.45, 2.75) is 30.8 Å². The minimum Gasteiger partial charge on any atom is -0.496 e. The Bertz CT molecular complexity index is 1200. The van der Waals surface area contributed by atoms with Crippen molar-refractivity contribution in [3.05, 3.63) is 64.1 Å². The van der Waals surface area contributed by atoms with E-state index in [9.17, 15) is 14.4 Å². The van der Waals surface area contributed by atoms with Crippen LogP contribution in [0.15, 0.2) is 34.8 Å². The van der Waals surface area contributed by atoms with Crippen LogP contribution >= 0.6 is 11.6 Å². The van der Waals surface area contributed by atoms with Crippen LogP contribution < -0.4 is 15.4 Å². The Hall–Kier alpha value is -3.52. The van der Waals surface area contributed by atoms with Gasteiger partial charge in [-0.3, -0.25) is 14.9 Å². The van der Waals surface area contributed by atoms with Gasteiger partial charge in [-0.15, -0.1) is 11.6 Å². The van der Waals surface area contributed by atoms with Crippen LogP contribution in [-0.2, 0) is 22.8 Å². The standard InChI is InChI=1S/C24H22ClN3O5/c1-32-18-9-8-15-12-28(21(29)20(15)16(18)11-25)13-24(22(30)26-23(31)27-24)19-10-14-6-4-2-3-5-7-17(14)33-19/h4-10H,2-3,11-13H2,1H3,(H2,26,27,30,31). The van der Waals surface area contributed by atoms with E-state index < -0.39 is 17.5 Å². The van der Waals surface area contributed by atoms with Gasteiger partial charge in [0.2, 0.25) is 0 Å². The van der Waals surface area contributed by atoms with E-state index in [2.05, 4.69) is 10.6 Å². The van der Waals surface area contributed by atoms with Crippen molar-refractivity contribution in [1.29, 1.82) is 0 Å². The molecule has 1 unspecified atom stereocenters. The number of halogens is 1. The van der Waals surface area contributed by atoms with E-state index in [4.69, 9.17) is 20.8 Å². The van der Waals surface area contributed by atoms with E-state index in [1.807, 2.05) is 30.4 Å². The summed E-state index contributed by atoms with van der Waals surface area (Å²) < 4.78 is 11.4. The number of furan rings is 1. The molecule has 2 aliphatic heterocycles. The number of fused-ring (bicyclic) bond motifs is 2. The highest BCUT2D eigenvalue weighted by Gasteiger charge is 2.53. The molecule has 1 aliphatic carbocycles. The molecule has 0 bridgehead atoms. The number of nitrogens with zero attached hydrogens (tertiary/aromatic N) is 1. The van der Waals surface area contributed by atoms with E-state index in [0.29, 0.717) is 22.6 Å². The highest BCUT2D eigenvalue weighted by Crippen LogP contribution is 2.37. The molecule has 1 aromatic heterocycles. The fourth-order valence-electron chi connectivity index (χ4n) is 4.59. The van der Waals surface area contributed by atoms with Crippen LogP contribution in [0.3, 0.4) is 0 Å². The fourth-order valence-corrected chi connectivity index (χ4v) is 4.85. The lowest BCUT2D eigenvalue weighted by Gasteiger charge is -2.29. The third-order valence-electron chi connectivity index (χ3n) is 6.22. The van der Waals surface area contributed by atoms with E-state index in [-0.39, 0.29) is 30.6 Å². The summed E-state index contributed by atoms with van der Waals surface area (Å²) in [6.07, 6.45) is 9.60. The molecule has 0 saturated carbocycles. The first kappa shape index (κ1) is 21.3. The Morgan fingerprint density at radius 2 is 1.97 bits per heavy atom. The van der Waals surface area contributed by atoms with Crippen molar-refractivity contribution >= 4 is 41.6 Å². The van der Waals surface area contributed by atoms with Gasteiger partial charge >= 0.3 is 6.03 Å². The van der Waals surface area contributed by atoms with Crippen molar-refractivity contribution in [2.24, 2.45) is 0 Å². The Balaban J connectivity index is 1.54. The van der Waals surface area contributed by atoms with Crippen LogP contribution in [0.2, 0.25) is 0 Å². The fraction of sp³-hybridized carbons (Fsp3) is 0.292. The van der Waals surface area contributed by atoms with Crippen LogP contribution in [0.1, 0.15) is 51.4 Å². The summed E-state index contributed by atoms with van der Waals surface area (Å²) in [5, 5.41) is 5.01. The van der Waals surface area contributed by atoms with Crippen LogP contribution in [0, 0.1) is 0 Å². The maximum Gasteiger partial charge on any atom is 0.322 e. The van der Waals surface area contributed by atoms with Crippen LogP contribution in [-0.4, -0.2) is 36.4 Å². The summed E-state index contributed by atoms with van der Waals surface area (Å²) >= 11 is 6.13. The lowest BCUT2D eigenvalue weighted by Crippen LogP contribution is -2.52. The minimum atomic E-state index is -1.55. The van der Waals surface area contributed by atoms with Crippen LogP contribution in [0.25, 0.3) is 12.2 Å².